The predicted octanol–water partition coefficient (Wildman–Crippen LogP) is 1.84. The molecule has 2 N–H and O–H groups in total. The molecule has 1 aromatic rings. The number of aromatic nitrogens is 1. The van der Waals surface area contributed by atoms with E-state index in [0.29, 0.717) is 6.42 Å². The Morgan fingerprint density at radius 3 is 2.62 bits per heavy atom. The van der Waals surface area contributed by atoms with Gasteiger partial charge in [-0.3, -0.25) is 9.78 Å². The van der Waals surface area contributed by atoms with E-state index in [-0.39, 0.29) is 17.7 Å². The van der Waals surface area contributed by atoms with Crippen molar-refractivity contribution >= 4 is 5.78 Å². The van der Waals surface area contributed by atoms with Gasteiger partial charge in [0.05, 0.1) is 6.54 Å². The SMILES string of the molecule is CC(C)(C)c1cncc(CCC(=O)CN)c1. The van der Waals surface area contributed by atoms with Gasteiger partial charge >= 0.3 is 0 Å². The summed E-state index contributed by atoms with van der Waals surface area (Å²) in [7, 11) is 0. The van der Waals surface area contributed by atoms with Crippen molar-refractivity contribution in [2.75, 3.05) is 6.54 Å². The summed E-state index contributed by atoms with van der Waals surface area (Å²) in [6, 6.07) is 2.12. The molecule has 0 atom stereocenters. The van der Waals surface area contributed by atoms with E-state index < -0.39 is 0 Å². The van der Waals surface area contributed by atoms with Crippen molar-refractivity contribution in [3.05, 3.63) is 29.6 Å². The minimum Gasteiger partial charge on any atom is -0.324 e. The molecule has 0 spiro atoms. The largest absolute Gasteiger partial charge is 0.324 e. The van der Waals surface area contributed by atoms with Gasteiger partial charge in [0.25, 0.3) is 0 Å². The van der Waals surface area contributed by atoms with Gasteiger partial charge in [0.2, 0.25) is 0 Å². The Kier molecular flexibility index (Phi) is 4.19. The molecule has 0 radical (unpaired) electrons. The maximum absolute atomic E-state index is 11.1. The van der Waals surface area contributed by atoms with Gasteiger partial charge < -0.3 is 5.73 Å². The highest BCUT2D eigenvalue weighted by Crippen LogP contribution is 2.22. The molecule has 3 nitrogen and oxygen atoms in total. The van der Waals surface area contributed by atoms with E-state index in [9.17, 15) is 4.79 Å². The minimum atomic E-state index is 0.0981. The fourth-order valence-electron chi connectivity index (χ4n) is 1.42. The van der Waals surface area contributed by atoms with E-state index >= 15 is 0 Å². The normalized spacial score (nSPS) is 11.5. The van der Waals surface area contributed by atoms with E-state index in [1.807, 2.05) is 12.4 Å². The number of carbonyl (C=O) groups is 1. The van der Waals surface area contributed by atoms with Crippen LogP contribution in [0.2, 0.25) is 0 Å². The van der Waals surface area contributed by atoms with E-state index in [4.69, 9.17) is 5.73 Å². The first-order valence-corrected chi connectivity index (χ1v) is 5.59. The summed E-state index contributed by atoms with van der Waals surface area (Å²) in [4.78, 5) is 15.3. The first kappa shape index (κ1) is 12.8. The number of nitrogens with two attached hydrogens (primary N) is 1. The molecule has 0 saturated heterocycles. The molecule has 0 aliphatic rings. The molecule has 16 heavy (non-hydrogen) atoms. The van der Waals surface area contributed by atoms with Gasteiger partial charge in [-0.15, -0.1) is 0 Å². The summed E-state index contributed by atoms with van der Waals surface area (Å²) in [6.45, 7) is 6.59. The molecule has 88 valence electrons. The van der Waals surface area contributed by atoms with Crippen molar-refractivity contribution in [1.29, 1.82) is 0 Å². The summed E-state index contributed by atoms with van der Waals surface area (Å²) < 4.78 is 0. The van der Waals surface area contributed by atoms with Crippen LogP contribution in [0.1, 0.15) is 38.3 Å². The van der Waals surface area contributed by atoms with Crippen molar-refractivity contribution in [3.8, 4) is 0 Å². The lowest BCUT2D eigenvalue weighted by Gasteiger charge is -2.19. The second kappa shape index (κ2) is 5.21. The summed E-state index contributed by atoms with van der Waals surface area (Å²) in [5, 5.41) is 0. The number of pyridine rings is 1. The van der Waals surface area contributed by atoms with Crippen LogP contribution in [0.15, 0.2) is 18.5 Å². The first-order chi connectivity index (χ1) is 7.43. The number of aryl methyl sites for hydroxylation is 1. The Hall–Kier alpha value is -1.22. The molecule has 1 rings (SSSR count). The maximum atomic E-state index is 11.1. The van der Waals surface area contributed by atoms with E-state index in [1.54, 1.807) is 0 Å². The molecular weight excluding hydrogens is 200 g/mol. The lowest BCUT2D eigenvalue weighted by Crippen LogP contribution is -2.15. The van der Waals surface area contributed by atoms with Crippen LogP contribution < -0.4 is 5.73 Å². The third-order valence-electron chi connectivity index (χ3n) is 2.58. The average molecular weight is 220 g/mol. The van der Waals surface area contributed by atoms with Crippen LogP contribution in [-0.4, -0.2) is 17.3 Å². The van der Waals surface area contributed by atoms with E-state index in [1.165, 1.54) is 5.56 Å². The highest BCUT2D eigenvalue weighted by Gasteiger charge is 2.14. The summed E-state index contributed by atoms with van der Waals surface area (Å²) in [6.07, 6.45) is 4.94. The number of hydrogen-bond donors (Lipinski definition) is 1. The maximum Gasteiger partial charge on any atom is 0.146 e. The molecule has 0 aromatic carbocycles. The summed E-state index contributed by atoms with van der Waals surface area (Å²) in [5.74, 6) is 0.0983. The lowest BCUT2D eigenvalue weighted by molar-refractivity contribution is -0.117. The minimum absolute atomic E-state index is 0.0981. The molecule has 1 aromatic heterocycles. The third-order valence-corrected chi connectivity index (χ3v) is 2.58. The molecule has 0 saturated carbocycles. The Labute approximate surface area is 97.1 Å². The van der Waals surface area contributed by atoms with Gasteiger partial charge in [-0.05, 0) is 23.0 Å². The Balaban J connectivity index is 2.72. The standard InChI is InChI=1S/C13H20N2O/c1-13(2,3)11-6-10(8-15-9-11)4-5-12(16)7-14/h6,8-9H,4-5,7,14H2,1-3H3. The Bertz CT molecular complexity index is 366. The summed E-state index contributed by atoms with van der Waals surface area (Å²) >= 11 is 0. The number of Topliss-reactive ketones (excluding diaryl/α,β-unsaturated/α-hetero) is 1. The van der Waals surface area contributed by atoms with Crippen LogP contribution in [0.25, 0.3) is 0 Å². The van der Waals surface area contributed by atoms with Crippen LogP contribution in [-0.2, 0) is 16.6 Å². The molecule has 0 bridgehead atoms. The number of rotatable bonds is 4. The number of carbonyl (C=O) groups excluding carboxylic acids is 1. The van der Waals surface area contributed by atoms with Gasteiger partial charge in [-0.1, -0.05) is 26.8 Å². The first-order valence-electron chi connectivity index (χ1n) is 5.59. The molecule has 0 aliphatic heterocycles. The highest BCUT2D eigenvalue weighted by atomic mass is 16.1. The van der Waals surface area contributed by atoms with E-state index in [2.05, 4.69) is 31.8 Å². The predicted molar refractivity (Wildman–Crippen MR) is 65.3 cm³/mol. The van der Waals surface area contributed by atoms with Crippen LogP contribution in [0.4, 0.5) is 0 Å². The zero-order chi connectivity index (χ0) is 12.2. The van der Waals surface area contributed by atoms with Gasteiger partial charge in [0, 0.05) is 18.8 Å². The van der Waals surface area contributed by atoms with Gasteiger partial charge in [-0.2, -0.15) is 0 Å². The van der Waals surface area contributed by atoms with E-state index in [0.717, 1.165) is 12.0 Å². The van der Waals surface area contributed by atoms with Crippen molar-refractivity contribution in [1.82, 2.24) is 4.98 Å². The molecule has 0 unspecified atom stereocenters. The fraction of sp³-hybridized carbons (Fsp3) is 0.538. The van der Waals surface area contributed by atoms with Gasteiger partial charge in [-0.25, -0.2) is 0 Å². The second-order valence-electron chi connectivity index (χ2n) is 5.07. The fourth-order valence-corrected chi connectivity index (χ4v) is 1.42. The van der Waals surface area contributed by atoms with Gasteiger partial charge in [0.1, 0.15) is 5.78 Å². The smallest absolute Gasteiger partial charge is 0.146 e. The monoisotopic (exact) mass is 220 g/mol. The molecule has 0 amide bonds. The molecule has 0 aliphatic carbocycles. The topological polar surface area (TPSA) is 56.0 Å². The second-order valence-corrected chi connectivity index (χ2v) is 5.07. The van der Waals surface area contributed by atoms with Crippen molar-refractivity contribution in [3.63, 3.8) is 0 Å². The lowest BCUT2D eigenvalue weighted by atomic mass is 9.87. The Morgan fingerprint density at radius 1 is 1.38 bits per heavy atom. The summed E-state index contributed by atoms with van der Waals surface area (Å²) in [5.41, 5.74) is 7.67. The Morgan fingerprint density at radius 2 is 2.06 bits per heavy atom. The van der Waals surface area contributed by atoms with Crippen LogP contribution in [0.5, 0.6) is 0 Å². The molecule has 1 heterocycles. The van der Waals surface area contributed by atoms with Crippen molar-refractivity contribution < 1.29 is 4.79 Å². The number of ketones is 1. The quantitative estimate of drug-likeness (QED) is 0.842. The van der Waals surface area contributed by atoms with Crippen LogP contribution in [0.3, 0.4) is 0 Å². The van der Waals surface area contributed by atoms with Crippen LogP contribution in [0, 0.1) is 0 Å². The number of nitrogens with zero attached hydrogens (tertiary/aromatic N) is 1. The zero-order valence-electron chi connectivity index (χ0n) is 10.3. The zero-order valence-corrected chi connectivity index (χ0v) is 10.3. The average Bonchev–Trinajstić information content (AvgIpc) is 2.25. The highest BCUT2D eigenvalue weighted by molar-refractivity contribution is 5.80. The molecule has 0 fully saturated rings. The van der Waals surface area contributed by atoms with Crippen molar-refractivity contribution in [2.45, 2.75) is 39.0 Å². The number of hydrogen-bond acceptors (Lipinski definition) is 3. The van der Waals surface area contributed by atoms with Gasteiger partial charge in [0.15, 0.2) is 0 Å². The molecule has 3 heteroatoms. The third kappa shape index (κ3) is 3.74. The van der Waals surface area contributed by atoms with Crippen molar-refractivity contribution in [2.24, 2.45) is 5.73 Å². The van der Waals surface area contributed by atoms with Crippen LogP contribution >= 0.6 is 0 Å². The molecular formula is C13H20N2O.